The molecule has 2 heterocycles. The normalized spacial score (nSPS) is 20.0. The fourth-order valence-electron chi connectivity index (χ4n) is 2.96. The van der Waals surface area contributed by atoms with Gasteiger partial charge < -0.3 is 9.94 Å². The van der Waals surface area contributed by atoms with Crippen LogP contribution in [-0.2, 0) is 23.7 Å². The molecule has 9 heteroatoms. The summed E-state index contributed by atoms with van der Waals surface area (Å²) >= 11 is 0. The zero-order chi connectivity index (χ0) is 19.3. The van der Waals surface area contributed by atoms with Crippen LogP contribution in [0.2, 0.25) is 0 Å². The third kappa shape index (κ3) is 3.04. The van der Waals surface area contributed by atoms with Gasteiger partial charge in [-0.3, -0.25) is 4.68 Å². The molecule has 0 saturated carbocycles. The maximum Gasteiger partial charge on any atom is 0.435 e. The van der Waals surface area contributed by atoms with Crippen LogP contribution in [0.25, 0.3) is 0 Å². The second kappa shape index (κ2) is 5.86. The number of halogens is 3. The van der Waals surface area contributed by atoms with Crippen molar-refractivity contribution in [2.24, 2.45) is 12.2 Å². The Bertz CT molecular complexity index is 918. The second-order valence-corrected chi connectivity index (χ2v) is 6.41. The summed E-state index contributed by atoms with van der Waals surface area (Å²) < 4.78 is 39.8. The molecule has 6 nitrogen and oxygen atoms in total. The molecule has 2 aromatic rings. The highest BCUT2D eigenvalue weighted by Gasteiger charge is 2.43. The van der Waals surface area contributed by atoms with Crippen LogP contribution in [0.4, 0.5) is 13.2 Å². The largest absolute Gasteiger partial charge is 0.478 e. The highest BCUT2D eigenvalue weighted by Crippen LogP contribution is 2.38. The Balaban J connectivity index is 1.91. The van der Waals surface area contributed by atoms with E-state index in [9.17, 15) is 23.1 Å². The number of alkyl halides is 3. The van der Waals surface area contributed by atoms with Crippen molar-refractivity contribution >= 4 is 11.7 Å². The molecule has 0 fully saturated rings. The molecule has 138 valence electrons. The number of carboxylic acid groups (broad SMARTS) is 1. The van der Waals surface area contributed by atoms with Gasteiger partial charge in [0.2, 0.25) is 0 Å². The Morgan fingerprint density at radius 2 is 2.04 bits per heavy atom. The zero-order valence-corrected chi connectivity index (χ0v) is 14.3. The molecular weight excluding hydrogens is 351 g/mol. The van der Waals surface area contributed by atoms with Crippen LogP contribution < -0.4 is 0 Å². The fourth-order valence-corrected chi connectivity index (χ4v) is 2.96. The summed E-state index contributed by atoms with van der Waals surface area (Å²) in [4.78, 5) is 16.7. The van der Waals surface area contributed by atoms with Gasteiger partial charge in [0.15, 0.2) is 11.3 Å². The van der Waals surface area contributed by atoms with Gasteiger partial charge in [-0.15, -0.1) is 0 Å². The lowest BCUT2D eigenvalue weighted by Gasteiger charge is -2.21. The van der Waals surface area contributed by atoms with Crippen LogP contribution in [0, 0.1) is 6.92 Å². The van der Waals surface area contributed by atoms with E-state index < -0.39 is 23.4 Å². The molecule has 1 aromatic heterocycles. The lowest BCUT2D eigenvalue weighted by atomic mass is 9.91. The minimum absolute atomic E-state index is 0.138. The molecular formula is C17H16F3N3O3. The molecule has 3 rings (SSSR count). The molecule has 1 aliphatic heterocycles. The van der Waals surface area contributed by atoms with Gasteiger partial charge >= 0.3 is 12.1 Å². The summed E-state index contributed by atoms with van der Waals surface area (Å²) in [5.74, 6) is -1.06. The highest BCUT2D eigenvalue weighted by atomic mass is 19.4. The summed E-state index contributed by atoms with van der Waals surface area (Å²) in [7, 11) is 1.41. The molecule has 0 radical (unpaired) electrons. The third-order valence-corrected chi connectivity index (χ3v) is 4.38. The van der Waals surface area contributed by atoms with E-state index in [1.807, 2.05) is 0 Å². The standard InChI is InChI=1S/C17H16F3N3O3/c1-9-4-5-10(6-11(9)15(24)25)12-8-16(2,26-22-12)14-7-13(17(18,19)20)21-23(14)3/h4-7H,8H2,1-3H3,(H,24,25). The Morgan fingerprint density at radius 3 is 2.62 bits per heavy atom. The zero-order valence-electron chi connectivity index (χ0n) is 14.3. The van der Waals surface area contributed by atoms with Gasteiger partial charge in [0.05, 0.1) is 17.0 Å². The van der Waals surface area contributed by atoms with Crippen LogP contribution in [0.1, 0.15) is 46.2 Å². The predicted octanol–water partition coefficient (Wildman–Crippen LogP) is 3.49. The van der Waals surface area contributed by atoms with Gasteiger partial charge in [0.1, 0.15) is 0 Å². The van der Waals surface area contributed by atoms with Crippen molar-refractivity contribution in [1.82, 2.24) is 9.78 Å². The molecule has 1 unspecified atom stereocenters. The molecule has 1 aromatic carbocycles. The summed E-state index contributed by atoms with van der Waals surface area (Å²) in [5.41, 5.74) is -0.149. The van der Waals surface area contributed by atoms with E-state index in [-0.39, 0.29) is 17.7 Å². The van der Waals surface area contributed by atoms with Crippen LogP contribution >= 0.6 is 0 Å². The van der Waals surface area contributed by atoms with Crippen molar-refractivity contribution in [3.05, 3.63) is 52.3 Å². The van der Waals surface area contributed by atoms with E-state index in [1.165, 1.54) is 13.1 Å². The average Bonchev–Trinajstić information content (AvgIpc) is 3.12. The molecule has 1 atom stereocenters. The lowest BCUT2D eigenvalue weighted by Crippen LogP contribution is -2.25. The molecule has 0 amide bonds. The van der Waals surface area contributed by atoms with Gasteiger partial charge in [-0.25, -0.2) is 4.79 Å². The number of hydrogen-bond donors (Lipinski definition) is 1. The summed E-state index contributed by atoms with van der Waals surface area (Å²) in [6, 6.07) is 5.79. The minimum atomic E-state index is -4.55. The SMILES string of the molecule is Cc1ccc(C2=NOC(C)(c3cc(C(F)(F)F)nn3C)C2)cc1C(=O)O. The number of hydrogen-bond acceptors (Lipinski definition) is 4. The van der Waals surface area contributed by atoms with Gasteiger partial charge in [0, 0.05) is 19.0 Å². The molecule has 1 N–H and O–H groups in total. The third-order valence-electron chi connectivity index (χ3n) is 4.38. The monoisotopic (exact) mass is 367 g/mol. The Morgan fingerprint density at radius 1 is 1.35 bits per heavy atom. The van der Waals surface area contributed by atoms with Gasteiger partial charge in [-0.05, 0) is 31.5 Å². The summed E-state index contributed by atoms with van der Waals surface area (Å²) in [5, 5.41) is 16.7. The number of aromatic carboxylic acids is 1. The number of aromatic nitrogens is 2. The van der Waals surface area contributed by atoms with E-state index in [1.54, 1.807) is 26.0 Å². The molecule has 0 spiro atoms. The van der Waals surface area contributed by atoms with Crippen LogP contribution in [0.15, 0.2) is 29.4 Å². The number of carboxylic acids is 1. The fraction of sp³-hybridized carbons (Fsp3) is 0.353. The minimum Gasteiger partial charge on any atom is -0.478 e. The first kappa shape index (κ1) is 18.0. The van der Waals surface area contributed by atoms with Crippen molar-refractivity contribution < 1.29 is 27.9 Å². The molecule has 0 saturated heterocycles. The van der Waals surface area contributed by atoms with Crippen molar-refractivity contribution in [1.29, 1.82) is 0 Å². The van der Waals surface area contributed by atoms with Crippen molar-refractivity contribution in [3.63, 3.8) is 0 Å². The van der Waals surface area contributed by atoms with E-state index in [0.29, 0.717) is 16.8 Å². The first-order valence-corrected chi connectivity index (χ1v) is 7.72. The first-order chi connectivity index (χ1) is 12.0. The maximum atomic E-state index is 12.9. The predicted molar refractivity (Wildman–Crippen MR) is 85.9 cm³/mol. The smallest absolute Gasteiger partial charge is 0.435 e. The van der Waals surface area contributed by atoms with E-state index in [4.69, 9.17) is 4.84 Å². The van der Waals surface area contributed by atoms with Gasteiger partial charge in [-0.2, -0.15) is 18.3 Å². The quantitative estimate of drug-likeness (QED) is 0.901. The maximum absolute atomic E-state index is 12.9. The first-order valence-electron chi connectivity index (χ1n) is 7.72. The summed E-state index contributed by atoms with van der Waals surface area (Å²) in [6.45, 7) is 3.30. The van der Waals surface area contributed by atoms with Crippen molar-refractivity contribution in [2.75, 3.05) is 0 Å². The number of aryl methyl sites for hydroxylation is 2. The van der Waals surface area contributed by atoms with Gasteiger partial charge in [0.25, 0.3) is 0 Å². The van der Waals surface area contributed by atoms with E-state index >= 15 is 0 Å². The molecule has 0 bridgehead atoms. The molecule has 1 aliphatic rings. The second-order valence-electron chi connectivity index (χ2n) is 6.41. The van der Waals surface area contributed by atoms with E-state index in [0.717, 1.165) is 10.7 Å². The Hall–Kier alpha value is -2.84. The number of benzene rings is 1. The van der Waals surface area contributed by atoms with Crippen LogP contribution in [0.5, 0.6) is 0 Å². The Labute approximate surface area is 146 Å². The lowest BCUT2D eigenvalue weighted by molar-refractivity contribution is -0.141. The molecule has 26 heavy (non-hydrogen) atoms. The van der Waals surface area contributed by atoms with Crippen LogP contribution in [-0.4, -0.2) is 26.6 Å². The number of rotatable bonds is 3. The molecule has 0 aliphatic carbocycles. The van der Waals surface area contributed by atoms with E-state index in [2.05, 4.69) is 10.3 Å². The Kier molecular flexibility index (Phi) is 4.05. The summed E-state index contributed by atoms with van der Waals surface area (Å²) in [6.07, 6.45) is -4.37. The van der Waals surface area contributed by atoms with Crippen LogP contribution in [0.3, 0.4) is 0 Å². The topological polar surface area (TPSA) is 76.7 Å². The van der Waals surface area contributed by atoms with Gasteiger partial charge in [-0.1, -0.05) is 17.3 Å². The number of oxime groups is 1. The number of nitrogens with zero attached hydrogens (tertiary/aromatic N) is 3. The highest BCUT2D eigenvalue weighted by molar-refractivity contribution is 6.03. The number of carbonyl (C=O) groups is 1. The van der Waals surface area contributed by atoms with Crippen molar-refractivity contribution in [2.45, 2.75) is 32.0 Å². The van der Waals surface area contributed by atoms with Crippen molar-refractivity contribution in [3.8, 4) is 0 Å². The average molecular weight is 367 g/mol.